The highest BCUT2D eigenvalue weighted by Crippen LogP contribution is 2.33. The Labute approximate surface area is 137 Å². The third-order valence-electron chi connectivity index (χ3n) is 3.55. The van der Waals surface area contributed by atoms with Crippen LogP contribution in [0.5, 0.6) is 0 Å². The molecule has 8 heteroatoms. The Morgan fingerprint density at radius 1 is 1.00 bits per heavy atom. The summed E-state index contributed by atoms with van der Waals surface area (Å²) in [6.07, 6.45) is 0. The molecule has 1 aliphatic carbocycles. The van der Waals surface area contributed by atoms with E-state index in [0.29, 0.717) is 0 Å². The van der Waals surface area contributed by atoms with Crippen molar-refractivity contribution in [2.24, 2.45) is 0 Å². The lowest BCUT2D eigenvalue weighted by molar-refractivity contribution is -0.131. The van der Waals surface area contributed by atoms with Crippen LogP contribution in [0.2, 0.25) is 0 Å². The van der Waals surface area contributed by atoms with Crippen LogP contribution in [-0.2, 0) is 19.1 Å². The minimum Gasteiger partial charge on any atom is -0.398 e. The van der Waals surface area contributed by atoms with Crippen molar-refractivity contribution in [3.63, 3.8) is 0 Å². The molecule has 0 atom stereocenters. The van der Waals surface area contributed by atoms with Crippen molar-refractivity contribution in [2.45, 2.75) is 11.8 Å². The normalized spacial score (nSPS) is 13.2. The molecule has 7 nitrogen and oxygen atoms in total. The molecule has 0 aliphatic heterocycles. The number of nitrogen functional groups attached to an aromatic ring is 1. The fourth-order valence-corrected chi connectivity index (χ4v) is 3.51. The van der Waals surface area contributed by atoms with Crippen LogP contribution >= 0.6 is 0 Å². The Morgan fingerprint density at radius 2 is 1.58 bits per heavy atom. The van der Waals surface area contributed by atoms with Crippen molar-refractivity contribution in [1.82, 2.24) is 0 Å². The minimum atomic E-state index is -4.43. The zero-order valence-electron chi connectivity index (χ0n) is 12.4. The number of hydrogen-bond acceptors (Lipinski definition) is 7. The van der Waals surface area contributed by atoms with Gasteiger partial charge in [-0.2, -0.15) is 8.42 Å². The number of carbonyl (C=O) groups excluding carboxylic acids is 3. The molecule has 1 aliphatic rings. The summed E-state index contributed by atoms with van der Waals surface area (Å²) < 4.78 is 28.3. The first-order chi connectivity index (χ1) is 11.2. The molecule has 2 aromatic rings. The van der Waals surface area contributed by atoms with E-state index in [1.54, 1.807) is 12.1 Å². The zero-order chi connectivity index (χ0) is 17.6. The lowest BCUT2D eigenvalue weighted by atomic mass is 9.83. The third kappa shape index (κ3) is 2.37. The van der Waals surface area contributed by atoms with Gasteiger partial charge in [0.1, 0.15) is 4.90 Å². The molecule has 0 aromatic heterocycles. The van der Waals surface area contributed by atoms with E-state index in [9.17, 15) is 22.8 Å². The monoisotopic (exact) mass is 345 g/mol. The van der Waals surface area contributed by atoms with Crippen LogP contribution in [0.25, 0.3) is 0 Å². The quantitative estimate of drug-likeness (QED) is 0.549. The highest BCUT2D eigenvalue weighted by Gasteiger charge is 2.33. The second-order valence-corrected chi connectivity index (χ2v) is 6.71. The number of benzene rings is 2. The summed E-state index contributed by atoms with van der Waals surface area (Å²) in [5.74, 6) is -2.01. The fourth-order valence-electron chi connectivity index (χ4n) is 2.58. The van der Waals surface area contributed by atoms with Crippen LogP contribution < -0.4 is 5.73 Å². The summed E-state index contributed by atoms with van der Waals surface area (Å²) in [7, 11) is -4.43. The number of rotatable bonds is 2. The van der Waals surface area contributed by atoms with Gasteiger partial charge in [0.2, 0.25) is 0 Å². The van der Waals surface area contributed by atoms with Crippen molar-refractivity contribution in [2.75, 3.05) is 5.73 Å². The Morgan fingerprint density at radius 3 is 2.17 bits per heavy atom. The van der Waals surface area contributed by atoms with Crippen LogP contribution in [0, 0.1) is 0 Å². The summed E-state index contributed by atoms with van der Waals surface area (Å²) in [5, 5.41) is 0. The van der Waals surface area contributed by atoms with Gasteiger partial charge in [-0.25, -0.2) is 0 Å². The molecular formula is C16H11NO6S. The van der Waals surface area contributed by atoms with Crippen molar-refractivity contribution in [3.8, 4) is 0 Å². The third-order valence-corrected chi connectivity index (χ3v) is 4.81. The molecule has 24 heavy (non-hydrogen) atoms. The standard InChI is InChI=1S/C16H11NO6S/c1-8(18)23-24(21,22)9-6-12-14(13(17)7-9)16(20)11-5-3-2-4-10(11)15(12)19/h2-7H,17H2,1H3. The lowest BCUT2D eigenvalue weighted by Crippen LogP contribution is -2.23. The lowest BCUT2D eigenvalue weighted by Gasteiger charge is -2.19. The highest BCUT2D eigenvalue weighted by atomic mass is 32.2. The molecule has 0 unspecified atom stereocenters. The van der Waals surface area contributed by atoms with Gasteiger partial charge in [0.05, 0.1) is 5.56 Å². The Bertz CT molecular complexity index is 1020. The van der Waals surface area contributed by atoms with Crippen LogP contribution in [-0.4, -0.2) is 26.0 Å². The second kappa shape index (κ2) is 5.27. The maximum Gasteiger partial charge on any atom is 0.341 e. The van der Waals surface area contributed by atoms with Crippen LogP contribution in [0.3, 0.4) is 0 Å². The zero-order valence-corrected chi connectivity index (χ0v) is 13.2. The molecule has 0 saturated heterocycles. The molecule has 0 radical (unpaired) electrons. The van der Waals surface area contributed by atoms with Crippen LogP contribution in [0.15, 0.2) is 41.3 Å². The Balaban J connectivity index is 2.24. The van der Waals surface area contributed by atoms with Gasteiger partial charge in [0, 0.05) is 29.3 Å². The number of carbonyl (C=O) groups is 3. The van der Waals surface area contributed by atoms with E-state index in [1.807, 2.05) is 0 Å². The maximum absolute atomic E-state index is 12.6. The maximum atomic E-state index is 12.6. The largest absolute Gasteiger partial charge is 0.398 e. The SMILES string of the molecule is CC(=O)OS(=O)(=O)c1cc(N)c2c(c1)C(=O)c1ccccc1C2=O. The van der Waals surface area contributed by atoms with Crippen LogP contribution in [0.1, 0.15) is 38.8 Å². The van der Waals surface area contributed by atoms with Gasteiger partial charge in [-0.1, -0.05) is 24.3 Å². The van der Waals surface area contributed by atoms with Crippen molar-refractivity contribution >= 4 is 33.3 Å². The van der Waals surface area contributed by atoms with Gasteiger partial charge in [0.15, 0.2) is 11.6 Å². The van der Waals surface area contributed by atoms with Crippen molar-refractivity contribution in [1.29, 1.82) is 0 Å². The summed E-state index contributed by atoms with van der Waals surface area (Å²) in [4.78, 5) is 35.6. The summed E-state index contributed by atoms with van der Waals surface area (Å²) in [5.41, 5.74) is 5.81. The smallest absolute Gasteiger partial charge is 0.341 e. The van der Waals surface area contributed by atoms with Gasteiger partial charge in [0.25, 0.3) is 0 Å². The molecule has 2 aromatic carbocycles. The average molecular weight is 345 g/mol. The first kappa shape index (κ1) is 15.9. The fraction of sp³-hybridized carbons (Fsp3) is 0.0625. The molecule has 2 N–H and O–H groups in total. The van der Waals surface area contributed by atoms with E-state index >= 15 is 0 Å². The number of hydrogen-bond donors (Lipinski definition) is 1. The molecule has 0 heterocycles. The van der Waals surface area contributed by atoms with E-state index in [2.05, 4.69) is 4.18 Å². The van der Waals surface area contributed by atoms with Gasteiger partial charge in [-0.05, 0) is 12.1 Å². The molecule has 0 spiro atoms. The predicted octanol–water partition coefficient (Wildman–Crippen LogP) is 1.30. The highest BCUT2D eigenvalue weighted by molar-refractivity contribution is 7.87. The molecule has 0 amide bonds. The Hall–Kier alpha value is -3.00. The molecule has 0 bridgehead atoms. The van der Waals surface area contributed by atoms with E-state index in [-0.39, 0.29) is 27.9 Å². The van der Waals surface area contributed by atoms with Crippen molar-refractivity contribution < 1.29 is 27.0 Å². The van der Waals surface area contributed by atoms with E-state index in [4.69, 9.17) is 5.73 Å². The van der Waals surface area contributed by atoms with Gasteiger partial charge < -0.3 is 9.92 Å². The van der Waals surface area contributed by atoms with Gasteiger partial charge in [-0.3, -0.25) is 14.4 Å². The number of nitrogens with two attached hydrogens (primary N) is 1. The van der Waals surface area contributed by atoms with E-state index < -0.39 is 32.5 Å². The number of ketones is 2. The topological polar surface area (TPSA) is 121 Å². The summed E-state index contributed by atoms with van der Waals surface area (Å²) in [6.45, 7) is 0.935. The van der Waals surface area contributed by atoms with E-state index in [1.165, 1.54) is 12.1 Å². The van der Waals surface area contributed by atoms with Gasteiger partial charge >= 0.3 is 16.1 Å². The van der Waals surface area contributed by atoms with Crippen LogP contribution in [0.4, 0.5) is 5.69 Å². The molecule has 0 saturated carbocycles. The summed E-state index contributed by atoms with van der Waals surface area (Å²) >= 11 is 0. The Kier molecular flexibility index (Phi) is 3.49. The molecule has 122 valence electrons. The molecular weight excluding hydrogens is 334 g/mol. The first-order valence-corrected chi connectivity index (χ1v) is 8.20. The number of anilines is 1. The molecule has 3 rings (SSSR count). The first-order valence-electron chi connectivity index (χ1n) is 6.79. The summed E-state index contributed by atoms with van der Waals surface area (Å²) in [6, 6.07) is 8.18. The predicted molar refractivity (Wildman–Crippen MR) is 83.1 cm³/mol. The molecule has 0 fully saturated rings. The average Bonchev–Trinajstić information content (AvgIpc) is 2.50. The second-order valence-electron chi connectivity index (χ2n) is 5.17. The minimum absolute atomic E-state index is 0.0551. The number of fused-ring (bicyclic) bond motifs is 2. The van der Waals surface area contributed by atoms with E-state index in [0.717, 1.165) is 19.1 Å². The van der Waals surface area contributed by atoms with Crippen molar-refractivity contribution in [3.05, 3.63) is 58.7 Å². The van der Waals surface area contributed by atoms with Gasteiger partial charge in [-0.15, -0.1) is 0 Å².